The minimum Gasteiger partial charge on any atom is -0.299 e. The monoisotopic (exact) mass is 358 g/mol. The molecule has 26 heavy (non-hydrogen) atoms. The summed E-state index contributed by atoms with van der Waals surface area (Å²) in [6.07, 6.45) is 0. The molecule has 3 aromatic carbocycles. The Bertz CT molecular complexity index is 853. The Hall–Kier alpha value is -2.45. The predicted octanol–water partition coefficient (Wildman–Crippen LogP) is 4.78. The lowest BCUT2D eigenvalue weighted by Gasteiger charge is -2.42. The van der Waals surface area contributed by atoms with Crippen molar-refractivity contribution in [3.8, 4) is 0 Å². The summed E-state index contributed by atoms with van der Waals surface area (Å²) in [4.78, 5) is 14.2. The maximum absolute atomic E-state index is 14.2. The smallest absolute Gasteiger partial charge is 0.205 e. The van der Waals surface area contributed by atoms with Gasteiger partial charge in [0.2, 0.25) is 8.07 Å². The molecule has 0 radical (unpaired) electrons. The van der Waals surface area contributed by atoms with E-state index < -0.39 is 8.07 Å². The molecular formula is C24H26OSi. The summed E-state index contributed by atoms with van der Waals surface area (Å²) in [6.45, 7) is 8.69. The Morgan fingerprint density at radius 2 is 1.12 bits per heavy atom. The summed E-state index contributed by atoms with van der Waals surface area (Å²) in [5.74, 6) is 0. The second-order valence-corrected chi connectivity index (χ2v) is 12.5. The van der Waals surface area contributed by atoms with E-state index in [0.29, 0.717) is 5.41 Å². The van der Waals surface area contributed by atoms with Crippen LogP contribution in [0.25, 0.3) is 0 Å². The van der Waals surface area contributed by atoms with Crippen molar-refractivity contribution in [1.29, 1.82) is 0 Å². The summed E-state index contributed by atoms with van der Waals surface area (Å²) in [5, 5.41) is 2.47. The van der Waals surface area contributed by atoms with E-state index in [1.54, 1.807) is 0 Å². The Morgan fingerprint density at radius 1 is 0.692 bits per heavy atom. The Morgan fingerprint density at radius 3 is 1.54 bits per heavy atom. The number of carbonyl (C=O) groups excluding carboxylic acids is 1. The van der Waals surface area contributed by atoms with Gasteiger partial charge in [-0.15, -0.1) is 0 Å². The quantitative estimate of drug-likeness (QED) is 0.613. The number of aryl methyl sites for hydroxylation is 1. The lowest BCUT2D eigenvalue weighted by atomic mass is 10.1. The van der Waals surface area contributed by atoms with Crippen LogP contribution in [-0.2, 0) is 0 Å². The summed E-state index contributed by atoms with van der Waals surface area (Å²) in [6, 6.07) is 28.8. The van der Waals surface area contributed by atoms with Crippen LogP contribution >= 0.6 is 0 Å². The molecule has 0 N–H and O–H groups in total. The maximum atomic E-state index is 14.2. The first kappa shape index (κ1) is 18.3. The topological polar surface area (TPSA) is 17.1 Å². The zero-order chi connectivity index (χ0) is 18.8. The van der Waals surface area contributed by atoms with Gasteiger partial charge in [-0.2, -0.15) is 0 Å². The van der Waals surface area contributed by atoms with Gasteiger partial charge in [-0.25, -0.2) is 0 Å². The third-order valence-electron chi connectivity index (χ3n) is 5.27. The van der Waals surface area contributed by atoms with E-state index in [1.807, 2.05) is 43.3 Å². The molecule has 0 aliphatic rings. The second kappa shape index (κ2) is 7.04. The third kappa shape index (κ3) is 2.95. The molecule has 0 amide bonds. The van der Waals surface area contributed by atoms with Gasteiger partial charge in [0.15, 0.2) is 5.41 Å². The first-order valence-corrected chi connectivity index (χ1v) is 11.1. The minimum absolute atomic E-state index is 0.172. The fourth-order valence-electron chi connectivity index (χ4n) is 4.04. The summed E-state index contributed by atoms with van der Waals surface area (Å²) in [5.41, 5.74) is 1.90. The third-order valence-corrected chi connectivity index (χ3v) is 10.9. The summed E-state index contributed by atoms with van der Waals surface area (Å²) in [7, 11) is -2.76. The SMILES string of the molecule is Cc1ccccc1C(=O)[Si](c1ccccc1)(c1ccccc1)C(C)(C)C. The van der Waals surface area contributed by atoms with E-state index in [9.17, 15) is 4.79 Å². The van der Waals surface area contributed by atoms with E-state index >= 15 is 0 Å². The molecule has 0 unspecified atom stereocenters. The van der Waals surface area contributed by atoms with Crippen molar-refractivity contribution >= 4 is 23.9 Å². The molecule has 132 valence electrons. The van der Waals surface area contributed by atoms with Crippen molar-refractivity contribution in [3.63, 3.8) is 0 Å². The Labute approximate surface area is 157 Å². The molecule has 0 saturated carbocycles. The largest absolute Gasteiger partial charge is 0.299 e. The number of rotatable bonds is 4. The Kier molecular flexibility index (Phi) is 4.97. The van der Waals surface area contributed by atoms with Crippen LogP contribution in [0.15, 0.2) is 84.9 Å². The number of hydrogen-bond acceptors (Lipinski definition) is 1. The van der Waals surface area contributed by atoms with Crippen LogP contribution in [0.2, 0.25) is 5.04 Å². The first-order valence-electron chi connectivity index (χ1n) is 9.10. The number of benzene rings is 3. The van der Waals surface area contributed by atoms with Crippen LogP contribution < -0.4 is 10.4 Å². The van der Waals surface area contributed by atoms with Gasteiger partial charge >= 0.3 is 0 Å². The van der Waals surface area contributed by atoms with E-state index in [4.69, 9.17) is 0 Å². The maximum Gasteiger partial charge on any atom is 0.205 e. The highest BCUT2D eigenvalue weighted by atomic mass is 28.3. The van der Waals surface area contributed by atoms with Crippen LogP contribution in [0, 0.1) is 6.92 Å². The molecule has 0 saturated heterocycles. The van der Waals surface area contributed by atoms with Crippen LogP contribution in [0.1, 0.15) is 36.7 Å². The van der Waals surface area contributed by atoms with Crippen molar-refractivity contribution in [2.45, 2.75) is 32.7 Å². The van der Waals surface area contributed by atoms with E-state index in [0.717, 1.165) is 11.1 Å². The molecular weight excluding hydrogens is 332 g/mol. The highest BCUT2D eigenvalue weighted by molar-refractivity contribution is 7.25. The average Bonchev–Trinajstić information content (AvgIpc) is 2.63. The van der Waals surface area contributed by atoms with Gasteiger partial charge in [0.25, 0.3) is 0 Å². The second-order valence-electron chi connectivity index (χ2n) is 7.88. The molecule has 3 rings (SSSR count). The fraction of sp³-hybridized carbons (Fsp3) is 0.208. The molecule has 0 bridgehead atoms. The van der Waals surface area contributed by atoms with Gasteiger partial charge in [-0.3, -0.25) is 4.79 Å². The van der Waals surface area contributed by atoms with Crippen molar-refractivity contribution in [3.05, 3.63) is 96.1 Å². The van der Waals surface area contributed by atoms with Crippen LogP contribution in [0.3, 0.4) is 0 Å². The summed E-state index contributed by atoms with van der Waals surface area (Å²) >= 11 is 0. The number of hydrogen-bond donors (Lipinski definition) is 0. The first-order chi connectivity index (χ1) is 12.4. The van der Waals surface area contributed by atoms with Gasteiger partial charge in [0.1, 0.15) is 0 Å². The van der Waals surface area contributed by atoms with Gasteiger partial charge < -0.3 is 0 Å². The fourth-order valence-corrected chi connectivity index (χ4v) is 9.38. The van der Waals surface area contributed by atoms with E-state index in [2.05, 4.69) is 69.3 Å². The van der Waals surface area contributed by atoms with Gasteiger partial charge in [0, 0.05) is 5.56 Å². The van der Waals surface area contributed by atoms with Crippen molar-refractivity contribution in [2.24, 2.45) is 0 Å². The molecule has 0 aliphatic carbocycles. The number of carbonyl (C=O) groups is 1. The van der Waals surface area contributed by atoms with E-state index in [1.165, 1.54) is 10.4 Å². The molecule has 3 aromatic rings. The minimum atomic E-state index is -2.76. The molecule has 0 heterocycles. The lowest BCUT2D eigenvalue weighted by molar-refractivity contribution is 0.106. The van der Waals surface area contributed by atoms with E-state index in [-0.39, 0.29) is 5.04 Å². The standard InChI is InChI=1S/C24H26OSi/c1-19-13-11-12-18-22(19)23(25)26(24(2,3)4,20-14-7-5-8-15-20)21-16-9-6-10-17-21/h5-18H,1-4H3. The van der Waals surface area contributed by atoms with Crippen molar-refractivity contribution in [1.82, 2.24) is 0 Å². The predicted molar refractivity (Wildman–Crippen MR) is 113 cm³/mol. The molecule has 0 aromatic heterocycles. The molecule has 0 atom stereocenters. The van der Waals surface area contributed by atoms with Gasteiger partial charge in [0.05, 0.1) is 0 Å². The van der Waals surface area contributed by atoms with Crippen molar-refractivity contribution < 1.29 is 4.79 Å². The average molecular weight is 359 g/mol. The lowest BCUT2D eigenvalue weighted by Crippen LogP contribution is -2.70. The zero-order valence-corrected chi connectivity index (χ0v) is 17.0. The highest BCUT2D eigenvalue weighted by Gasteiger charge is 2.54. The highest BCUT2D eigenvalue weighted by Crippen LogP contribution is 2.38. The molecule has 2 heteroatoms. The van der Waals surface area contributed by atoms with Gasteiger partial charge in [-0.05, 0) is 27.9 Å². The van der Waals surface area contributed by atoms with Crippen LogP contribution in [0.5, 0.6) is 0 Å². The van der Waals surface area contributed by atoms with Crippen LogP contribution in [-0.4, -0.2) is 13.5 Å². The van der Waals surface area contributed by atoms with Crippen molar-refractivity contribution in [2.75, 3.05) is 0 Å². The zero-order valence-electron chi connectivity index (χ0n) is 16.0. The normalized spacial score (nSPS) is 12.0. The molecule has 1 nitrogen and oxygen atoms in total. The van der Waals surface area contributed by atoms with Gasteiger partial charge in [-0.1, -0.05) is 106 Å². The van der Waals surface area contributed by atoms with Crippen LogP contribution in [0.4, 0.5) is 0 Å². The Balaban J connectivity index is 2.39. The molecule has 0 aliphatic heterocycles. The molecule has 0 spiro atoms. The summed E-state index contributed by atoms with van der Waals surface area (Å²) < 4.78 is 0. The molecule has 0 fully saturated rings.